The molecule has 0 spiro atoms. The molecule has 0 fully saturated rings. The number of rotatable bonds is 0. The molecule has 0 bridgehead atoms. The molecule has 0 heterocycles. The minimum Gasteiger partial charge on any atom is -0.289 e. The van der Waals surface area contributed by atoms with Gasteiger partial charge in [-0.3, -0.25) is 9.59 Å². The lowest BCUT2D eigenvalue weighted by molar-refractivity contribution is -0.114. The molecule has 0 saturated carbocycles. The summed E-state index contributed by atoms with van der Waals surface area (Å²) >= 11 is 0. The normalized spacial score (nSPS) is 17.2. The average molecular weight is 585 g/mol. The molecule has 0 atom stereocenters. The third kappa shape index (κ3) is 5.49. The van der Waals surface area contributed by atoms with E-state index in [1.54, 1.807) is 0 Å². The first kappa shape index (κ1) is 31.6. The monoisotopic (exact) mass is 584 g/mol. The molecule has 2 nitrogen and oxygen atoms in total. The van der Waals surface area contributed by atoms with Gasteiger partial charge in [0.25, 0.3) is 0 Å². The Morgan fingerprint density at radius 3 is 0.750 bits per heavy atom. The SMILES string of the molecule is CC(C)(C)C1=CC(=c2c3ccccc3c(=C3C=C(C(C)(C)C)C(=O)C(C(C)(C)C)=C3)c3ccccc23)C=C(C(C)(C)C)C1=O. The van der Waals surface area contributed by atoms with Crippen LogP contribution in [0.1, 0.15) is 83.1 Å². The van der Waals surface area contributed by atoms with E-state index in [1.807, 2.05) is 0 Å². The molecule has 0 aliphatic heterocycles. The van der Waals surface area contributed by atoms with Crippen molar-refractivity contribution in [3.63, 3.8) is 0 Å². The second kappa shape index (κ2) is 10.4. The summed E-state index contributed by atoms with van der Waals surface area (Å²) in [7, 11) is 0. The first-order valence-electron chi connectivity index (χ1n) is 15.9. The summed E-state index contributed by atoms with van der Waals surface area (Å²) in [5.74, 6) is 0.280. The average Bonchev–Trinajstić information content (AvgIpc) is 2.89. The zero-order valence-corrected chi connectivity index (χ0v) is 28.7. The summed E-state index contributed by atoms with van der Waals surface area (Å²) in [5.41, 5.74) is 4.30. The zero-order valence-electron chi connectivity index (χ0n) is 28.7. The highest BCUT2D eigenvalue weighted by Crippen LogP contribution is 2.41. The number of Topliss-reactive ketones (excluding diaryl/α,β-unsaturated/α-hetero) is 2. The number of carbonyl (C=O) groups excluding carboxylic acids is 2. The van der Waals surface area contributed by atoms with Crippen LogP contribution in [-0.2, 0) is 9.59 Å². The Morgan fingerprint density at radius 1 is 0.364 bits per heavy atom. The van der Waals surface area contributed by atoms with Crippen molar-refractivity contribution in [1.82, 2.24) is 0 Å². The second-order valence-corrected chi connectivity index (χ2v) is 16.6. The highest BCUT2D eigenvalue weighted by molar-refractivity contribution is 6.17. The lowest BCUT2D eigenvalue weighted by atomic mass is 9.71. The number of allylic oxidation sites excluding steroid dienone is 8. The molecule has 44 heavy (non-hydrogen) atoms. The topological polar surface area (TPSA) is 34.1 Å². The Balaban J connectivity index is 2.10. The molecule has 228 valence electrons. The highest BCUT2D eigenvalue weighted by atomic mass is 16.1. The molecule has 3 aromatic rings. The van der Waals surface area contributed by atoms with Gasteiger partial charge in [-0.2, -0.15) is 0 Å². The molecule has 3 aromatic carbocycles. The second-order valence-electron chi connectivity index (χ2n) is 16.6. The minimum absolute atomic E-state index is 0.140. The van der Waals surface area contributed by atoms with Crippen LogP contribution in [0.3, 0.4) is 0 Å². The fourth-order valence-electron chi connectivity index (χ4n) is 6.53. The molecule has 0 saturated heterocycles. The quantitative estimate of drug-likeness (QED) is 0.247. The molecule has 2 heteroatoms. The molecule has 2 aliphatic rings. The summed E-state index contributed by atoms with van der Waals surface area (Å²) < 4.78 is 0. The first-order chi connectivity index (χ1) is 20.2. The van der Waals surface area contributed by atoms with Gasteiger partial charge >= 0.3 is 0 Å². The van der Waals surface area contributed by atoms with Crippen LogP contribution in [0.4, 0.5) is 0 Å². The summed E-state index contributed by atoms with van der Waals surface area (Å²) in [6, 6.07) is 17.2. The lowest BCUT2D eigenvalue weighted by Crippen LogP contribution is -2.30. The molecule has 0 amide bonds. The van der Waals surface area contributed by atoms with Crippen LogP contribution in [0.5, 0.6) is 0 Å². The Bertz CT molecular complexity index is 1710. The fraction of sp³-hybridized carbons (Fsp3) is 0.381. The summed E-state index contributed by atoms with van der Waals surface area (Å²) in [5, 5.41) is 6.84. The van der Waals surface area contributed by atoms with Gasteiger partial charge in [0.15, 0.2) is 11.6 Å². The predicted octanol–water partition coefficient (Wildman–Crippen LogP) is 9.35. The van der Waals surface area contributed by atoms with Crippen LogP contribution in [0.15, 0.2) is 95.1 Å². The van der Waals surface area contributed by atoms with E-state index in [-0.39, 0.29) is 33.2 Å². The Hall–Kier alpha value is -3.78. The number of hydrogen-bond donors (Lipinski definition) is 0. The highest BCUT2D eigenvalue weighted by Gasteiger charge is 2.36. The third-order valence-electron chi connectivity index (χ3n) is 8.92. The summed E-state index contributed by atoms with van der Waals surface area (Å²) in [4.78, 5) is 27.7. The maximum atomic E-state index is 13.8. The Labute approximate surface area is 263 Å². The fourth-order valence-corrected chi connectivity index (χ4v) is 6.53. The van der Waals surface area contributed by atoms with Crippen LogP contribution in [0, 0.1) is 21.7 Å². The van der Waals surface area contributed by atoms with E-state index in [0.717, 1.165) is 65.4 Å². The number of hydrogen-bond acceptors (Lipinski definition) is 2. The number of ketones is 2. The van der Waals surface area contributed by atoms with Crippen molar-refractivity contribution in [2.45, 2.75) is 83.1 Å². The van der Waals surface area contributed by atoms with Gasteiger partial charge in [0.05, 0.1) is 0 Å². The molecular formula is C42H48O2. The van der Waals surface area contributed by atoms with E-state index in [1.165, 1.54) is 0 Å². The standard InChI is InChI=1S/C42H48O2/c1-39(2,3)31-21-25(22-32(37(31)43)40(4,5)6)35-27-17-13-15-19-29(27)36(30-20-16-14-18-28(30)35)26-23-33(41(7,8)9)38(44)34(24-26)42(10,11)12/h13-24H,1-12H3. The third-order valence-corrected chi connectivity index (χ3v) is 8.92. The van der Waals surface area contributed by atoms with Crippen molar-refractivity contribution in [3.8, 4) is 0 Å². The van der Waals surface area contributed by atoms with E-state index >= 15 is 0 Å². The van der Waals surface area contributed by atoms with Gasteiger partial charge < -0.3 is 0 Å². The number of fused-ring (bicyclic) bond motifs is 2. The van der Waals surface area contributed by atoms with Gasteiger partial charge in [-0.1, -0.05) is 132 Å². The number of carbonyl (C=O) groups is 2. The van der Waals surface area contributed by atoms with Gasteiger partial charge in [0, 0.05) is 22.3 Å². The largest absolute Gasteiger partial charge is 0.289 e. The molecule has 0 N–H and O–H groups in total. The zero-order chi connectivity index (χ0) is 32.6. The molecule has 0 unspecified atom stereocenters. The van der Waals surface area contributed by atoms with Gasteiger partial charge in [0.2, 0.25) is 0 Å². The maximum Gasteiger partial charge on any atom is 0.186 e. The number of benzene rings is 3. The summed E-state index contributed by atoms with van der Waals surface area (Å²) in [6.45, 7) is 25.5. The maximum absolute atomic E-state index is 13.8. The minimum atomic E-state index is -0.300. The van der Waals surface area contributed by atoms with Crippen molar-refractivity contribution in [2.24, 2.45) is 21.7 Å². The molecule has 2 aliphatic carbocycles. The molecule has 0 radical (unpaired) electrons. The molecule has 0 aromatic heterocycles. The molecular weight excluding hydrogens is 536 g/mol. The Morgan fingerprint density at radius 2 is 0.568 bits per heavy atom. The van der Waals surface area contributed by atoms with Gasteiger partial charge in [-0.05, 0) is 89.1 Å². The van der Waals surface area contributed by atoms with E-state index in [0.29, 0.717) is 0 Å². The van der Waals surface area contributed by atoms with Crippen molar-refractivity contribution >= 4 is 44.3 Å². The van der Waals surface area contributed by atoms with Gasteiger partial charge in [-0.25, -0.2) is 0 Å². The van der Waals surface area contributed by atoms with Crippen molar-refractivity contribution < 1.29 is 9.59 Å². The van der Waals surface area contributed by atoms with Crippen LogP contribution in [0.25, 0.3) is 32.7 Å². The van der Waals surface area contributed by atoms with E-state index in [9.17, 15) is 9.59 Å². The van der Waals surface area contributed by atoms with Crippen LogP contribution < -0.4 is 10.4 Å². The smallest absolute Gasteiger partial charge is 0.186 e. The predicted molar refractivity (Wildman–Crippen MR) is 188 cm³/mol. The van der Waals surface area contributed by atoms with E-state index < -0.39 is 0 Å². The first-order valence-corrected chi connectivity index (χ1v) is 15.9. The van der Waals surface area contributed by atoms with Crippen molar-refractivity contribution in [3.05, 3.63) is 106 Å². The van der Waals surface area contributed by atoms with Gasteiger partial charge in [-0.15, -0.1) is 0 Å². The summed E-state index contributed by atoms with van der Waals surface area (Å²) in [6.07, 6.45) is 8.53. The van der Waals surface area contributed by atoms with Gasteiger partial charge in [0.1, 0.15) is 0 Å². The van der Waals surface area contributed by atoms with Crippen LogP contribution >= 0.6 is 0 Å². The van der Waals surface area contributed by atoms with Crippen molar-refractivity contribution in [2.75, 3.05) is 0 Å². The van der Waals surface area contributed by atoms with Crippen LogP contribution in [0.2, 0.25) is 0 Å². The van der Waals surface area contributed by atoms with Crippen molar-refractivity contribution in [1.29, 1.82) is 0 Å². The molecule has 5 rings (SSSR count). The van der Waals surface area contributed by atoms with Crippen LogP contribution in [-0.4, -0.2) is 11.6 Å². The lowest BCUT2D eigenvalue weighted by Gasteiger charge is -2.32. The Kier molecular flexibility index (Phi) is 7.48. The van der Waals surface area contributed by atoms with E-state index in [4.69, 9.17) is 0 Å². The van der Waals surface area contributed by atoms with E-state index in [2.05, 4.69) is 156 Å².